The molecule has 0 radical (unpaired) electrons. The van der Waals surface area contributed by atoms with E-state index < -0.39 is 26.5 Å². The summed E-state index contributed by atoms with van der Waals surface area (Å²) >= 11 is 1.48. The minimum Gasteiger partial charge on any atom is -0.258 e. The Balaban J connectivity index is 3.16. The van der Waals surface area contributed by atoms with E-state index in [-0.39, 0.29) is 22.3 Å². The van der Waals surface area contributed by atoms with Gasteiger partial charge in [-0.1, -0.05) is 6.92 Å². The van der Waals surface area contributed by atoms with Crippen LogP contribution in [0.4, 0.5) is 10.1 Å². The Kier molecular flexibility index (Phi) is 5.49. The molecule has 0 saturated heterocycles. The van der Waals surface area contributed by atoms with Crippen LogP contribution in [0.3, 0.4) is 0 Å². The number of halogens is 1. The summed E-state index contributed by atoms with van der Waals surface area (Å²) in [5, 5.41) is 10.8. The lowest BCUT2D eigenvalue weighted by molar-refractivity contribution is -0.387. The first-order chi connectivity index (χ1) is 9.19. The molecule has 1 aromatic carbocycles. The van der Waals surface area contributed by atoms with Crippen molar-refractivity contribution in [2.24, 2.45) is 0 Å². The molecule has 1 unspecified atom stereocenters. The van der Waals surface area contributed by atoms with Crippen LogP contribution >= 0.6 is 11.8 Å². The molecule has 0 aliphatic rings. The number of nitrogens with one attached hydrogen (secondary N) is 1. The summed E-state index contributed by atoms with van der Waals surface area (Å²) in [6.07, 6.45) is 1.84. The average molecular weight is 322 g/mol. The van der Waals surface area contributed by atoms with E-state index in [4.69, 9.17) is 0 Å². The van der Waals surface area contributed by atoms with Crippen LogP contribution < -0.4 is 4.72 Å². The molecule has 1 atom stereocenters. The standard InChI is InChI=1S/C11H15FN2O4S2/c1-7-4-9(5-10(11(7)12)14(15)16)20(17,18)13-6-8(2)19-3/h4-5,8,13H,6H2,1-3H3. The third-order valence-electron chi connectivity index (χ3n) is 2.68. The van der Waals surface area contributed by atoms with Gasteiger partial charge in [0, 0.05) is 17.9 Å². The summed E-state index contributed by atoms with van der Waals surface area (Å²) in [5.74, 6) is -1.02. The lowest BCUT2D eigenvalue weighted by Gasteiger charge is -2.11. The van der Waals surface area contributed by atoms with Gasteiger partial charge in [0.15, 0.2) is 0 Å². The lowest BCUT2D eigenvalue weighted by atomic mass is 10.2. The molecule has 1 rings (SSSR count). The van der Waals surface area contributed by atoms with Crippen molar-refractivity contribution in [3.63, 3.8) is 0 Å². The molecule has 0 fully saturated rings. The molecule has 6 nitrogen and oxygen atoms in total. The SMILES string of the molecule is CSC(C)CNS(=O)(=O)c1cc(C)c(F)c([N+](=O)[O-])c1. The van der Waals surface area contributed by atoms with Crippen LogP contribution in [0.5, 0.6) is 0 Å². The molecular weight excluding hydrogens is 307 g/mol. The fourth-order valence-electron chi connectivity index (χ4n) is 1.40. The number of nitro groups is 1. The van der Waals surface area contributed by atoms with E-state index in [9.17, 15) is 22.9 Å². The molecule has 0 aliphatic carbocycles. The van der Waals surface area contributed by atoms with E-state index in [2.05, 4.69) is 4.72 Å². The maximum absolute atomic E-state index is 13.5. The van der Waals surface area contributed by atoms with Gasteiger partial charge in [0.1, 0.15) is 0 Å². The largest absolute Gasteiger partial charge is 0.306 e. The quantitative estimate of drug-likeness (QED) is 0.640. The molecule has 0 saturated carbocycles. The van der Waals surface area contributed by atoms with Gasteiger partial charge in [0.05, 0.1) is 9.82 Å². The number of hydrogen-bond acceptors (Lipinski definition) is 5. The van der Waals surface area contributed by atoms with Crippen molar-refractivity contribution in [2.45, 2.75) is 24.0 Å². The van der Waals surface area contributed by atoms with Gasteiger partial charge in [0.25, 0.3) is 0 Å². The zero-order valence-electron chi connectivity index (χ0n) is 11.2. The highest BCUT2D eigenvalue weighted by Crippen LogP contribution is 2.25. The Bertz CT molecular complexity index is 619. The van der Waals surface area contributed by atoms with Gasteiger partial charge in [-0.25, -0.2) is 13.1 Å². The van der Waals surface area contributed by atoms with E-state index >= 15 is 0 Å². The average Bonchev–Trinajstić information content (AvgIpc) is 2.38. The Morgan fingerprint density at radius 1 is 1.50 bits per heavy atom. The second-order valence-corrected chi connectivity index (χ2v) is 7.27. The summed E-state index contributed by atoms with van der Waals surface area (Å²) in [4.78, 5) is 9.47. The van der Waals surface area contributed by atoms with Gasteiger partial charge in [0.2, 0.25) is 15.8 Å². The molecule has 1 aromatic rings. The lowest BCUT2D eigenvalue weighted by Crippen LogP contribution is -2.29. The fraction of sp³-hybridized carbons (Fsp3) is 0.455. The monoisotopic (exact) mass is 322 g/mol. The molecule has 9 heteroatoms. The summed E-state index contributed by atoms with van der Waals surface area (Å²) in [6.45, 7) is 3.31. The Hall–Kier alpha value is -1.19. The number of nitro benzene ring substituents is 1. The summed E-state index contributed by atoms with van der Waals surface area (Å²) in [5.41, 5.74) is -0.930. The molecule has 112 valence electrons. The Morgan fingerprint density at radius 2 is 2.10 bits per heavy atom. The molecule has 0 spiro atoms. The highest BCUT2D eigenvalue weighted by atomic mass is 32.2. The van der Waals surface area contributed by atoms with Crippen LogP contribution in [0.1, 0.15) is 12.5 Å². The van der Waals surface area contributed by atoms with Crippen LogP contribution in [0.2, 0.25) is 0 Å². The maximum Gasteiger partial charge on any atom is 0.306 e. The number of nitrogens with zero attached hydrogens (tertiary/aromatic N) is 1. The summed E-state index contributed by atoms with van der Waals surface area (Å²) in [7, 11) is -3.90. The zero-order chi connectivity index (χ0) is 15.5. The van der Waals surface area contributed by atoms with Gasteiger partial charge < -0.3 is 0 Å². The second-order valence-electron chi connectivity index (χ2n) is 4.23. The number of sulfonamides is 1. The zero-order valence-corrected chi connectivity index (χ0v) is 12.8. The van der Waals surface area contributed by atoms with Crippen molar-refractivity contribution in [1.82, 2.24) is 4.72 Å². The van der Waals surface area contributed by atoms with Crippen LogP contribution in [-0.2, 0) is 10.0 Å². The minimum atomic E-state index is -3.90. The van der Waals surface area contributed by atoms with E-state index in [0.717, 1.165) is 12.1 Å². The first-order valence-electron chi connectivity index (χ1n) is 5.66. The number of hydrogen-bond donors (Lipinski definition) is 1. The highest BCUT2D eigenvalue weighted by Gasteiger charge is 2.23. The van der Waals surface area contributed by atoms with Crippen LogP contribution in [0, 0.1) is 22.9 Å². The van der Waals surface area contributed by atoms with Gasteiger partial charge in [-0.2, -0.15) is 16.2 Å². The molecule has 0 aliphatic heterocycles. The Morgan fingerprint density at radius 3 is 2.60 bits per heavy atom. The molecule has 0 amide bonds. The number of benzene rings is 1. The van der Waals surface area contributed by atoms with E-state index in [1.54, 1.807) is 0 Å². The molecular formula is C11H15FN2O4S2. The van der Waals surface area contributed by atoms with Crippen molar-refractivity contribution < 1.29 is 17.7 Å². The molecule has 0 bridgehead atoms. The third-order valence-corrected chi connectivity index (χ3v) is 5.05. The third kappa shape index (κ3) is 3.90. The predicted octanol–water partition coefficient (Wildman–Crippen LogP) is 2.07. The van der Waals surface area contributed by atoms with Crippen molar-refractivity contribution in [3.8, 4) is 0 Å². The topological polar surface area (TPSA) is 89.3 Å². The van der Waals surface area contributed by atoms with E-state index in [1.807, 2.05) is 13.2 Å². The smallest absolute Gasteiger partial charge is 0.258 e. The van der Waals surface area contributed by atoms with Crippen molar-refractivity contribution in [3.05, 3.63) is 33.6 Å². The predicted molar refractivity (Wildman–Crippen MR) is 76.0 cm³/mol. The molecule has 0 aromatic heterocycles. The first kappa shape index (κ1) is 16.9. The van der Waals surface area contributed by atoms with Crippen LogP contribution in [0.25, 0.3) is 0 Å². The maximum atomic E-state index is 13.5. The van der Waals surface area contributed by atoms with Gasteiger partial charge in [-0.05, 0) is 24.8 Å². The van der Waals surface area contributed by atoms with Crippen LogP contribution in [-0.4, -0.2) is 31.4 Å². The second kappa shape index (κ2) is 6.51. The van der Waals surface area contributed by atoms with Gasteiger partial charge >= 0.3 is 5.69 Å². The van der Waals surface area contributed by atoms with Crippen molar-refractivity contribution in [2.75, 3.05) is 12.8 Å². The first-order valence-corrected chi connectivity index (χ1v) is 8.43. The van der Waals surface area contributed by atoms with Gasteiger partial charge in [-0.3, -0.25) is 10.1 Å². The summed E-state index contributed by atoms with van der Waals surface area (Å²) in [6, 6.07) is 1.81. The minimum absolute atomic E-state index is 0.0568. The number of rotatable bonds is 6. The Labute approximate surface area is 121 Å². The van der Waals surface area contributed by atoms with Crippen molar-refractivity contribution >= 4 is 27.5 Å². The van der Waals surface area contributed by atoms with E-state index in [1.165, 1.54) is 18.7 Å². The highest BCUT2D eigenvalue weighted by molar-refractivity contribution is 7.99. The van der Waals surface area contributed by atoms with E-state index in [0.29, 0.717) is 0 Å². The number of thioether (sulfide) groups is 1. The molecule has 20 heavy (non-hydrogen) atoms. The van der Waals surface area contributed by atoms with Crippen LogP contribution in [0.15, 0.2) is 17.0 Å². The number of aryl methyl sites for hydroxylation is 1. The van der Waals surface area contributed by atoms with Crippen molar-refractivity contribution in [1.29, 1.82) is 0 Å². The summed E-state index contributed by atoms with van der Waals surface area (Å²) < 4.78 is 39.9. The fourth-order valence-corrected chi connectivity index (χ4v) is 2.99. The molecule has 0 heterocycles. The molecule has 1 N–H and O–H groups in total. The normalized spacial score (nSPS) is 13.2. The van der Waals surface area contributed by atoms with Gasteiger partial charge in [-0.15, -0.1) is 0 Å².